The maximum Gasteiger partial charge on any atom is 0.329 e. The number of carbonyl (C=O) groups excluding carboxylic acids is 1. The van der Waals surface area contributed by atoms with Gasteiger partial charge >= 0.3 is 5.97 Å². The molecule has 0 unspecified atom stereocenters. The summed E-state index contributed by atoms with van der Waals surface area (Å²) in [6, 6.07) is 0. The van der Waals surface area contributed by atoms with E-state index in [-0.39, 0.29) is 17.6 Å². The van der Waals surface area contributed by atoms with Crippen LogP contribution >= 0.6 is 0 Å². The van der Waals surface area contributed by atoms with E-state index in [1.54, 1.807) is 0 Å². The topological polar surface area (TPSA) is 103 Å². The zero-order valence-corrected chi connectivity index (χ0v) is 17.1. The molecule has 0 heterocycles. The maximum absolute atomic E-state index is 11.3. The minimum atomic E-state index is -1.71. The van der Waals surface area contributed by atoms with Gasteiger partial charge in [-0.2, -0.15) is 0 Å². The molecule has 0 aromatic heterocycles. The second kappa shape index (κ2) is 12.4. The largest absolute Gasteiger partial charge is 0.480 e. The molecule has 1 amide bonds. The van der Waals surface area contributed by atoms with E-state index in [4.69, 9.17) is 19.0 Å². The number of aliphatic carboxylic acids is 1. The highest BCUT2D eigenvalue weighted by molar-refractivity contribution is 6.74. The average Bonchev–Trinajstić information content (AvgIpc) is 2.47. The summed E-state index contributed by atoms with van der Waals surface area (Å²) >= 11 is 0. The first-order valence-corrected chi connectivity index (χ1v) is 11.3. The normalized spacial score (nSPS) is 12.2. The molecule has 0 aliphatic heterocycles. The van der Waals surface area contributed by atoms with E-state index >= 15 is 0 Å². The number of carbonyl (C=O) groups is 2. The van der Waals surface area contributed by atoms with Crippen LogP contribution < -0.4 is 5.32 Å². The van der Waals surface area contributed by atoms with Gasteiger partial charge in [0.1, 0.15) is 13.2 Å². The molecular weight excluding hydrogens is 346 g/mol. The smallest absolute Gasteiger partial charge is 0.329 e. The van der Waals surface area contributed by atoms with Crippen LogP contribution in [0.4, 0.5) is 0 Å². The van der Waals surface area contributed by atoms with Crippen molar-refractivity contribution in [3.63, 3.8) is 0 Å². The van der Waals surface area contributed by atoms with Crippen LogP contribution in [0.25, 0.3) is 0 Å². The lowest BCUT2D eigenvalue weighted by molar-refractivity contribution is -0.143. The number of rotatable bonds is 14. The lowest BCUT2D eigenvalue weighted by atomic mass is 10.2. The van der Waals surface area contributed by atoms with Gasteiger partial charge in [0, 0.05) is 6.54 Å². The lowest BCUT2D eigenvalue weighted by Crippen LogP contribution is -2.41. The zero-order valence-electron chi connectivity index (χ0n) is 16.1. The number of hydrogen-bond donors (Lipinski definition) is 2. The van der Waals surface area contributed by atoms with Crippen molar-refractivity contribution >= 4 is 20.2 Å². The molecule has 0 aliphatic carbocycles. The summed E-state index contributed by atoms with van der Waals surface area (Å²) in [5.41, 5.74) is 0. The first-order valence-electron chi connectivity index (χ1n) is 8.42. The average molecular weight is 380 g/mol. The zero-order chi connectivity index (χ0) is 19.3. The van der Waals surface area contributed by atoms with Crippen LogP contribution in [0, 0.1) is 0 Å². The molecule has 0 atom stereocenters. The quantitative estimate of drug-likeness (QED) is 0.346. The summed E-state index contributed by atoms with van der Waals surface area (Å²) in [4.78, 5) is 21.5. The van der Waals surface area contributed by atoms with Gasteiger partial charge in [0.25, 0.3) is 0 Å². The monoisotopic (exact) mass is 379 g/mol. The second-order valence-corrected chi connectivity index (χ2v) is 11.9. The van der Waals surface area contributed by atoms with E-state index in [2.05, 4.69) is 43.9 Å². The van der Waals surface area contributed by atoms with Gasteiger partial charge in [0.15, 0.2) is 8.32 Å². The van der Waals surface area contributed by atoms with E-state index in [1.165, 1.54) is 0 Å². The standard InChI is InChI=1S/C16H33NO7Si/c1-16(2,3)25(4,5)24-11-10-22-9-8-21-7-6-17-14(18)12-23-13-15(19)20/h6-13H2,1-5H3,(H,17,18)(H,19,20). The fourth-order valence-electron chi connectivity index (χ4n) is 1.44. The Morgan fingerprint density at radius 1 is 0.920 bits per heavy atom. The lowest BCUT2D eigenvalue weighted by Gasteiger charge is -2.36. The minimum Gasteiger partial charge on any atom is -0.480 e. The number of carboxylic acids is 1. The third-order valence-electron chi connectivity index (χ3n) is 3.90. The van der Waals surface area contributed by atoms with Crippen molar-refractivity contribution in [2.75, 3.05) is 52.8 Å². The summed E-state index contributed by atoms with van der Waals surface area (Å²) in [7, 11) is -1.71. The van der Waals surface area contributed by atoms with Crippen LogP contribution in [0.15, 0.2) is 0 Å². The molecule has 2 N–H and O–H groups in total. The van der Waals surface area contributed by atoms with Gasteiger partial charge in [-0.05, 0) is 18.1 Å². The Morgan fingerprint density at radius 3 is 2.04 bits per heavy atom. The van der Waals surface area contributed by atoms with E-state index in [0.29, 0.717) is 39.6 Å². The summed E-state index contributed by atoms with van der Waals surface area (Å²) in [6.45, 7) is 13.0. The predicted molar refractivity (Wildman–Crippen MR) is 96.3 cm³/mol. The van der Waals surface area contributed by atoms with E-state index < -0.39 is 20.9 Å². The summed E-state index contributed by atoms with van der Waals surface area (Å²) in [5.74, 6) is -1.48. The molecule has 8 nitrogen and oxygen atoms in total. The first-order chi connectivity index (χ1) is 11.6. The first kappa shape index (κ1) is 24.0. The number of hydrogen-bond acceptors (Lipinski definition) is 6. The number of amides is 1. The van der Waals surface area contributed by atoms with Crippen LogP contribution in [0.5, 0.6) is 0 Å². The summed E-state index contributed by atoms with van der Waals surface area (Å²) in [6.07, 6.45) is 0. The molecule has 0 rings (SSSR count). The maximum atomic E-state index is 11.3. The molecule has 0 saturated heterocycles. The van der Waals surface area contributed by atoms with Gasteiger partial charge in [0.05, 0.1) is 33.0 Å². The third-order valence-corrected chi connectivity index (χ3v) is 8.43. The van der Waals surface area contributed by atoms with Crippen LogP contribution in [0.1, 0.15) is 20.8 Å². The van der Waals surface area contributed by atoms with Gasteiger partial charge < -0.3 is 29.1 Å². The molecule has 0 bridgehead atoms. The van der Waals surface area contributed by atoms with Crippen LogP contribution in [-0.4, -0.2) is 78.1 Å². The van der Waals surface area contributed by atoms with Gasteiger partial charge in [-0.15, -0.1) is 0 Å². The third kappa shape index (κ3) is 12.9. The summed E-state index contributed by atoms with van der Waals surface area (Å²) in [5, 5.41) is 11.1. The van der Waals surface area contributed by atoms with Gasteiger partial charge in [-0.25, -0.2) is 4.79 Å². The fraction of sp³-hybridized carbons (Fsp3) is 0.875. The molecule has 0 fully saturated rings. The van der Waals surface area contributed by atoms with Crippen molar-refractivity contribution in [2.45, 2.75) is 38.9 Å². The molecule has 0 aromatic carbocycles. The molecule has 0 aliphatic rings. The Morgan fingerprint density at radius 2 is 1.48 bits per heavy atom. The van der Waals surface area contributed by atoms with Gasteiger partial charge in [-0.1, -0.05) is 20.8 Å². The van der Waals surface area contributed by atoms with Crippen molar-refractivity contribution in [3.05, 3.63) is 0 Å². The predicted octanol–water partition coefficient (Wildman–Crippen LogP) is 1.26. The van der Waals surface area contributed by atoms with Crippen molar-refractivity contribution in [2.24, 2.45) is 0 Å². The second-order valence-electron chi connectivity index (χ2n) is 7.07. The van der Waals surface area contributed by atoms with Crippen molar-refractivity contribution < 1.29 is 33.3 Å². The Balaban J connectivity index is 3.42. The van der Waals surface area contributed by atoms with Crippen molar-refractivity contribution in [1.29, 1.82) is 0 Å². The molecule has 0 saturated carbocycles. The van der Waals surface area contributed by atoms with E-state index in [0.717, 1.165) is 0 Å². The molecule has 0 radical (unpaired) electrons. The Hall–Kier alpha value is -1.00. The van der Waals surface area contributed by atoms with E-state index in [9.17, 15) is 9.59 Å². The SMILES string of the molecule is CC(C)(C)[Si](C)(C)OCCOCCOCCNC(=O)COCC(=O)O. The molecule has 0 aromatic rings. The summed E-state index contributed by atoms with van der Waals surface area (Å²) < 4.78 is 21.4. The van der Waals surface area contributed by atoms with Gasteiger partial charge in [0.2, 0.25) is 5.91 Å². The number of nitrogens with one attached hydrogen (secondary N) is 1. The Bertz CT molecular complexity index is 396. The van der Waals surface area contributed by atoms with Crippen molar-refractivity contribution in [1.82, 2.24) is 5.32 Å². The van der Waals surface area contributed by atoms with Crippen molar-refractivity contribution in [3.8, 4) is 0 Å². The molecule has 0 spiro atoms. The highest BCUT2D eigenvalue weighted by Gasteiger charge is 2.36. The minimum absolute atomic E-state index is 0.194. The van der Waals surface area contributed by atoms with Crippen LogP contribution in [-0.2, 0) is 28.2 Å². The van der Waals surface area contributed by atoms with E-state index in [1.807, 2.05) is 0 Å². The Kier molecular flexibility index (Phi) is 11.9. The molecule has 148 valence electrons. The van der Waals surface area contributed by atoms with Crippen LogP contribution in [0.3, 0.4) is 0 Å². The number of ether oxygens (including phenoxy) is 3. The Labute approximate surface area is 151 Å². The highest BCUT2D eigenvalue weighted by atomic mass is 28.4. The molecule has 25 heavy (non-hydrogen) atoms. The fourth-order valence-corrected chi connectivity index (χ4v) is 2.47. The van der Waals surface area contributed by atoms with Crippen LogP contribution in [0.2, 0.25) is 18.1 Å². The number of carboxylic acid groups (broad SMARTS) is 1. The molecular formula is C16H33NO7Si. The van der Waals surface area contributed by atoms with Gasteiger partial charge in [-0.3, -0.25) is 4.79 Å². The molecule has 9 heteroatoms. The highest BCUT2D eigenvalue weighted by Crippen LogP contribution is 2.36.